The van der Waals surface area contributed by atoms with Gasteiger partial charge >= 0.3 is 0 Å². The van der Waals surface area contributed by atoms with Crippen molar-refractivity contribution in [2.75, 3.05) is 20.3 Å². The third-order valence-electron chi connectivity index (χ3n) is 5.62. The van der Waals surface area contributed by atoms with Crippen LogP contribution in [0.1, 0.15) is 25.3 Å². The second kappa shape index (κ2) is 5.59. The second-order valence-electron chi connectivity index (χ2n) is 6.93. The Kier molecular flexibility index (Phi) is 3.64. The number of nitrogens with two attached hydrogens (primary N) is 1. The zero-order chi connectivity index (χ0) is 19.4. The molecule has 1 saturated carbocycles. The molecule has 0 radical (unpaired) electrons. The van der Waals surface area contributed by atoms with Gasteiger partial charge in [0, 0.05) is 5.92 Å². The van der Waals surface area contributed by atoms with E-state index in [2.05, 4.69) is 17.1 Å². The first-order chi connectivity index (χ1) is 13.0. The van der Waals surface area contributed by atoms with Gasteiger partial charge in [-0.05, 0) is 31.5 Å². The highest BCUT2D eigenvalue weighted by Gasteiger charge is 2.94. The summed E-state index contributed by atoms with van der Waals surface area (Å²) in [6, 6.07) is 9.86. The monoisotopic (exact) mass is 368 g/mol. The molecule has 27 heavy (non-hydrogen) atoms. The Morgan fingerprint density at radius 2 is 2.11 bits per heavy atom. The Morgan fingerprint density at radius 3 is 2.67 bits per heavy atom. The molecule has 0 aromatic heterocycles. The highest BCUT2D eigenvalue weighted by atomic mass is 16.8. The third kappa shape index (κ3) is 1.84. The summed E-state index contributed by atoms with van der Waals surface area (Å²) in [5.41, 5.74) is 4.24. The van der Waals surface area contributed by atoms with Gasteiger partial charge in [-0.2, -0.15) is 10.5 Å². The van der Waals surface area contributed by atoms with Crippen LogP contribution in [0.15, 0.2) is 23.2 Å². The number of benzene rings is 1. The highest BCUT2D eigenvalue weighted by Crippen LogP contribution is 2.82. The normalized spacial score (nSPS) is 38.6. The number of amidine groups is 1. The lowest BCUT2D eigenvalue weighted by molar-refractivity contribution is -0.193. The maximum atomic E-state index is 10.1. The van der Waals surface area contributed by atoms with E-state index in [9.17, 15) is 10.5 Å². The topological polar surface area (TPSA) is 123 Å². The molecule has 0 unspecified atom stereocenters. The van der Waals surface area contributed by atoms with Crippen LogP contribution in [0.25, 0.3) is 0 Å². The quantitative estimate of drug-likeness (QED) is 0.857. The standard InChI is InChI=1S/C19H20N4O4/c1-4-25-13-6-5-12(7-14(13)24-3)15-17(9-20)16(22)23-19(18(15,17)10-21)26-8-11(2)27-19/h5-7,11,15H,4,8H2,1-3H3,(H2,22,23)/t11-,15+,17+,18+,19+/m0/s1. The first-order valence-corrected chi connectivity index (χ1v) is 8.77. The fraction of sp³-hybridized carbons (Fsp3) is 0.526. The number of methoxy groups -OCH3 is 1. The molecule has 2 aliphatic heterocycles. The van der Waals surface area contributed by atoms with E-state index >= 15 is 0 Å². The van der Waals surface area contributed by atoms with Crippen molar-refractivity contribution >= 4 is 5.84 Å². The van der Waals surface area contributed by atoms with Crippen molar-refractivity contribution in [1.82, 2.24) is 0 Å². The minimum Gasteiger partial charge on any atom is -0.493 e. The average molecular weight is 368 g/mol. The molecule has 0 amide bonds. The Balaban J connectivity index is 1.85. The molecule has 1 saturated heterocycles. The number of hydrogen-bond acceptors (Lipinski definition) is 8. The van der Waals surface area contributed by atoms with Gasteiger partial charge in [0.2, 0.25) is 0 Å². The number of ether oxygens (including phenoxy) is 4. The van der Waals surface area contributed by atoms with E-state index in [1.54, 1.807) is 12.1 Å². The molecule has 8 heteroatoms. The molecule has 1 aromatic rings. The van der Waals surface area contributed by atoms with Crippen LogP contribution in [0, 0.1) is 33.5 Å². The van der Waals surface area contributed by atoms with Gasteiger partial charge in [0.15, 0.2) is 16.9 Å². The lowest BCUT2D eigenvalue weighted by Crippen LogP contribution is -2.39. The molecule has 2 heterocycles. The molecule has 1 aromatic carbocycles. The molecule has 2 N–H and O–H groups in total. The molecule has 5 atom stereocenters. The van der Waals surface area contributed by atoms with Gasteiger partial charge < -0.3 is 24.7 Å². The van der Waals surface area contributed by atoms with Crippen LogP contribution in [0.4, 0.5) is 0 Å². The van der Waals surface area contributed by atoms with Gasteiger partial charge in [-0.3, -0.25) is 0 Å². The molecule has 4 rings (SSSR count). The first-order valence-electron chi connectivity index (χ1n) is 8.77. The van der Waals surface area contributed by atoms with Gasteiger partial charge in [-0.15, -0.1) is 0 Å². The van der Waals surface area contributed by atoms with Gasteiger partial charge in [-0.1, -0.05) is 6.07 Å². The molecule has 3 aliphatic rings. The fourth-order valence-electron chi connectivity index (χ4n) is 4.50. The summed E-state index contributed by atoms with van der Waals surface area (Å²) in [5, 5.41) is 20.2. The van der Waals surface area contributed by atoms with Crippen LogP contribution in [0.5, 0.6) is 11.5 Å². The molecule has 1 aliphatic carbocycles. The zero-order valence-electron chi connectivity index (χ0n) is 15.4. The number of fused-ring (bicyclic) bond motifs is 2. The van der Waals surface area contributed by atoms with Crippen molar-refractivity contribution in [3.8, 4) is 23.6 Å². The van der Waals surface area contributed by atoms with Crippen molar-refractivity contribution in [3.05, 3.63) is 23.8 Å². The predicted octanol–water partition coefficient (Wildman–Crippen LogP) is 1.67. The maximum absolute atomic E-state index is 10.1. The molecule has 1 spiro atoms. The molecule has 0 bridgehead atoms. The van der Waals surface area contributed by atoms with Crippen LogP contribution in [-0.4, -0.2) is 38.2 Å². The summed E-state index contributed by atoms with van der Waals surface area (Å²) in [5.74, 6) is -0.931. The van der Waals surface area contributed by atoms with Crippen LogP contribution >= 0.6 is 0 Å². The summed E-state index contributed by atoms with van der Waals surface area (Å²) in [6.07, 6.45) is -0.252. The number of aliphatic imine (C=N–C) groups is 1. The van der Waals surface area contributed by atoms with Crippen LogP contribution in [-0.2, 0) is 9.47 Å². The highest BCUT2D eigenvalue weighted by molar-refractivity contribution is 6.00. The summed E-state index contributed by atoms with van der Waals surface area (Å²) in [4.78, 5) is 4.30. The predicted molar refractivity (Wildman–Crippen MR) is 93.8 cm³/mol. The molecular weight excluding hydrogens is 348 g/mol. The van der Waals surface area contributed by atoms with Crippen molar-refractivity contribution in [2.45, 2.75) is 31.8 Å². The van der Waals surface area contributed by atoms with Crippen molar-refractivity contribution < 1.29 is 18.9 Å². The minimum absolute atomic E-state index is 0.0681. The summed E-state index contributed by atoms with van der Waals surface area (Å²) < 4.78 is 22.7. The van der Waals surface area contributed by atoms with Gasteiger partial charge in [0.05, 0.1) is 38.6 Å². The van der Waals surface area contributed by atoms with E-state index < -0.39 is 22.7 Å². The van der Waals surface area contributed by atoms with E-state index in [0.717, 1.165) is 5.56 Å². The maximum Gasteiger partial charge on any atom is 0.293 e. The van der Waals surface area contributed by atoms with E-state index in [1.807, 2.05) is 19.9 Å². The fourth-order valence-corrected chi connectivity index (χ4v) is 4.50. The molecule has 140 valence electrons. The lowest BCUT2D eigenvalue weighted by atomic mass is 9.94. The number of rotatable bonds is 4. The summed E-state index contributed by atoms with van der Waals surface area (Å²) in [7, 11) is 1.54. The van der Waals surface area contributed by atoms with Gasteiger partial charge in [0.25, 0.3) is 5.91 Å². The number of nitriles is 2. The lowest BCUT2D eigenvalue weighted by Gasteiger charge is -2.26. The Bertz CT molecular complexity index is 919. The third-order valence-corrected chi connectivity index (χ3v) is 5.62. The van der Waals surface area contributed by atoms with Crippen molar-refractivity contribution in [1.29, 1.82) is 10.5 Å². The number of nitrogens with zero attached hydrogens (tertiary/aromatic N) is 3. The van der Waals surface area contributed by atoms with Gasteiger partial charge in [0.1, 0.15) is 11.3 Å². The second-order valence-corrected chi connectivity index (χ2v) is 6.93. The summed E-state index contributed by atoms with van der Waals surface area (Å²) >= 11 is 0. The Hall–Kier alpha value is -2.81. The zero-order valence-corrected chi connectivity index (χ0v) is 15.4. The molecular formula is C19H20N4O4. The molecule has 2 fully saturated rings. The van der Waals surface area contributed by atoms with Crippen molar-refractivity contribution in [3.63, 3.8) is 0 Å². The number of hydrogen-bond donors (Lipinski definition) is 1. The van der Waals surface area contributed by atoms with Gasteiger partial charge in [-0.25, -0.2) is 4.99 Å². The Labute approximate surface area is 157 Å². The van der Waals surface area contributed by atoms with Crippen LogP contribution in [0.2, 0.25) is 0 Å². The van der Waals surface area contributed by atoms with Crippen LogP contribution < -0.4 is 15.2 Å². The van der Waals surface area contributed by atoms with Crippen LogP contribution in [0.3, 0.4) is 0 Å². The first kappa shape index (κ1) is 17.6. The van der Waals surface area contributed by atoms with E-state index in [-0.39, 0.29) is 18.5 Å². The molecule has 8 nitrogen and oxygen atoms in total. The Morgan fingerprint density at radius 1 is 1.33 bits per heavy atom. The largest absolute Gasteiger partial charge is 0.493 e. The minimum atomic E-state index is -1.56. The summed E-state index contributed by atoms with van der Waals surface area (Å²) in [6.45, 7) is 4.48. The van der Waals surface area contributed by atoms with E-state index in [1.165, 1.54) is 7.11 Å². The van der Waals surface area contributed by atoms with E-state index in [4.69, 9.17) is 24.7 Å². The smallest absolute Gasteiger partial charge is 0.293 e. The SMILES string of the molecule is CCOc1ccc([C@H]2[C@@]3(C#N)[C@@]4(N=C(N)[C@@]23C#N)OC[C@H](C)O4)cc1OC. The van der Waals surface area contributed by atoms with E-state index in [0.29, 0.717) is 18.1 Å². The average Bonchev–Trinajstić information content (AvgIpc) is 3.06. The van der Waals surface area contributed by atoms with Crippen molar-refractivity contribution in [2.24, 2.45) is 21.6 Å².